The topological polar surface area (TPSA) is 71.9 Å². The Hall–Kier alpha value is -2.38. The fourth-order valence-electron chi connectivity index (χ4n) is 2.70. The van der Waals surface area contributed by atoms with Crippen molar-refractivity contribution in [3.05, 3.63) is 58.9 Å². The largest absolute Gasteiger partial charge is 0.489 e. The van der Waals surface area contributed by atoms with Gasteiger partial charge in [0.1, 0.15) is 24.1 Å². The van der Waals surface area contributed by atoms with Gasteiger partial charge in [0.15, 0.2) is 0 Å². The Morgan fingerprint density at radius 1 is 1.33 bits per heavy atom. The highest BCUT2D eigenvalue weighted by molar-refractivity contribution is 5.39. The summed E-state index contributed by atoms with van der Waals surface area (Å²) in [7, 11) is 0. The lowest BCUT2D eigenvalue weighted by Gasteiger charge is -2.22. The van der Waals surface area contributed by atoms with Crippen LogP contribution in [0.5, 0.6) is 5.75 Å². The second kappa shape index (κ2) is 5.94. The molecule has 1 atom stereocenters. The van der Waals surface area contributed by atoms with Gasteiger partial charge in [0, 0.05) is 12.2 Å². The van der Waals surface area contributed by atoms with Crippen LogP contribution in [0.1, 0.15) is 41.3 Å². The fraction of sp³-hybridized carbons (Fsp3) is 0.294. The first-order valence-corrected chi connectivity index (χ1v) is 7.12. The van der Waals surface area contributed by atoms with E-state index in [2.05, 4.69) is 11.1 Å². The van der Waals surface area contributed by atoms with Gasteiger partial charge >= 0.3 is 0 Å². The molecule has 1 aliphatic rings. The van der Waals surface area contributed by atoms with E-state index in [0.29, 0.717) is 12.3 Å². The van der Waals surface area contributed by atoms with E-state index in [4.69, 9.17) is 15.7 Å². The smallest absolute Gasteiger partial charge is 0.140 e. The van der Waals surface area contributed by atoms with E-state index in [-0.39, 0.29) is 6.04 Å². The lowest BCUT2D eigenvalue weighted by atomic mass is 9.88. The first-order valence-electron chi connectivity index (χ1n) is 7.12. The number of nitriles is 1. The van der Waals surface area contributed by atoms with Crippen molar-refractivity contribution in [2.24, 2.45) is 5.73 Å². The number of benzene rings is 1. The molecule has 1 heterocycles. The van der Waals surface area contributed by atoms with Crippen molar-refractivity contribution >= 4 is 0 Å². The van der Waals surface area contributed by atoms with Crippen molar-refractivity contribution in [3.8, 4) is 11.8 Å². The molecule has 0 aliphatic heterocycles. The number of aryl methyl sites for hydroxylation is 1. The predicted molar refractivity (Wildman–Crippen MR) is 79.6 cm³/mol. The molecular weight excluding hydrogens is 262 g/mol. The SMILES string of the molecule is N#Cc1cc(COc2ccc3c(c2)C(N)CCC3)ccn1. The molecule has 106 valence electrons. The Kier molecular flexibility index (Phi) is 3.85. The molecule has 0 fully saturated rings. The summed E-state index contributed by atoms with van der Waals surface area (Å²) >= 11 is 0. The molecule has 1 unspecified atom stereocenters. The van der Waals surface area contributed by atoms with Gasteiger partial charge in [-0.05, 0) is 60.2 Å². The molecule has 0 amide bonds. The van der Waals surface area contributed by atoms with Gasteiger partial charge in [-0.2, -0.15) is 5.26 Å². The summed E-state index contributed by atoms with van der Waals surface area (Å²) in [6.45, 7) is 0.422. The Morgan fingerprint density at radius 2 is 2.24 bits per heavy atom. The first kappa shape index (κ1) is 13.6. The number of ether oxygens (including phenoxy) is 1. The van der Waals surface area contributed by atoms with Crippen LogP contribution in [-0.4, -0.2) is 4.98 Å². The quantitative estimate of drug-likeness (QED) is 0.937. The molecule has 4 heteroatoms. The van der Waals surface area contributed by atoms with Crippen LogP contribution in [0.25, 0.3) is 0 Å². The van der Waals surface area contributed by atoms with Gasteiger partial charge in [-0.1, -0.05) is 6.07 Å². The van der Waals surface area contributed by atoms with Crippen molar-refractivity contribution in [2.75, 3.05) is 0 Å². The molecule has 1 aromatic heterocycles. The maximum absolute atomic E-state index is 8.84. The van der Waals surface area contributed by atoms with Gasteiger partial charge in [-0.15, -0.1) is 0 Å². The van der Waals surface area contributed by atoms with Crippen LogP contribution in [0.15, 0.2) is 36.5 Å². The first-order chi connectivity index (χ1) is 10.3. The van der Waals surface area contributed by atoms with Crippen molar-refractivity contribution < 1.29 is 4.74 Å². The second-order valence-electron chi connectivity index (χ2n) is 5.31. The zero-order valence-corrected chi connectivity index (χ0v) is 11.7. The van der Waals surface area contributed by atoms with Crippen LogP contribution >= 0.6 is 0 Å². The number of pyridine rings is 1. The van der Waals surface area contributed by atoms with E-state index >= 15 is 0 Å². The average molecular weight is 279 g/mol. The summed E-state index contributed by atoms with van der Waals surface area (Å²) < 4.78 is 5.81. The number of aromatic nitrogens is 1. The molecule has 0 saturated carbocycles. The van der Waals surface area contributed by atoms with Crippen molar-refractivity contribution in [1.82, 2.24) is 4.98 Å². The molecule has 4 nitrogen and oxygen atoms in total. The summed E-state index contributed by atoms with van der Waals surface area (Å²) in [5.74, 6) is 0.821. The monoisotopic (exact) mass is 279 g/mol. The zero-order chi connectivity index (χ0) is 14.7. The van der Waals surface area contributed by atoms with Gasteiger partial charge in [0.05, 0.1) is 0 Å². The Bertz CT molecular complexity index is 691. The fourth-order valence-corrected chi connectivity index (χ4v) is 2.70. The Labute approximate surface area is 124 Å². The molecule has 1 aromatic carbocycles. The minimum absolute atomic E-state index is 0.114. The number of hydrogen-bond acceptors (Lipinski definition) is 4. The zero-order valence-electron chi connectivity index (χ0n) is 11.7. The normalized spacial score (nSPS) is 16.9. The Morgan fingerprint density at radius 3 is 3.10 bits per heavy atom. The highest BCUT2D eigenvalue weighted by Crippen LogP contribution is 2.31. The average Bonchev–Trinajstić information content (AvgIpc) is 2.54. The van der Waals surface area contributed by atoms with Gasteiger partial charge < -0.3 is 10.5 Å². The van der Waals surface area contributed by atoms with Gasteiger partial charge in [-0.3, -0.25) is 0 Å². The minimum atomic E-state index is 0.114. The van der Waals surface area contributed by atoms with E-state index in [1.807, 2.05) is 24.3 Å². The van der Waals surface area contributed by atoms with Crippen LogP contribution in [0.4, 0.5) is 0 Å². The van der Waals surface area contributed by atoms with Crippen LogP contribution in [-0.2, 0) is 13.0 Å². The molecule has 1 aliphatic carbocycles. The Balaban J connectivity index is 1.73. The molecule has 3 rings (SSSR count). The number of nitrogens with two attached hydrogens (primary N) is 1. The van der Waals surface area contributed by atoms with Crippen LogP contribution in [0, 0.1) is 11.3 Å². The number of nitrogens with zero attached hydrogens (tertiary/aromatic N) is 2. The third-order valence-electron chi connectivity index (χ3n) is 3.82. The lowest BCUT2D eigenvalue weighted by Crippen LogP contribution is -2.17. The molecule has 0 spiro atoms. The minimum Gasteiger partial charge on any atom is -0.489 e. The van der Waals surface area contributed by atoms with Crippen molar-refractivity contribution in [1.29, 1.82) is 5.26 Å². The molecule has 0 radical (unpaired) electrons. The van der Waals surface area contributed by atoms with E-state index in [0.717, 1.165) is 30.6 Å². The maximum atomic E-state index is 8.84. The van der Waals surface area contributed by atoms with Gasteiger partial charge in [0.25, 0.3) is 0 Å². The summed E-state index contributed by atoms with van der Waals surface area (Å²) in [6.07, 6.45) is 4.91. The van der Waals surface area contributed by atoms with Gasteiger partial charge in [-0.25, -0.2) is 4.98 Å². The molecular formula is C17H17N3O. The number of hydrogen-bond donors (Lipinski definition) is 1. The van der Waals surface area contributed by atoms with Crippen LogP contribution in [0.3, 0.4) is 0 Å². The number of rotatable bonds is 3. The summed E-state index contributed by atoms with van der Waals surface area (Å²) in [5, 5.41) is 8.84. The molecule has 2 N–H and O–H groups in total. The third-order valence-corrected chi connectivity index (χ3v) is 3.82. The van der Waals surface area contributed by atoms with E-state index in [1.165, 1.54) is 11.1 Å². The molecule has 21 heavy (non-hydrogen) atoms. The predicted octanol–water partition coefficient (Wildman–Crippen LogP) is 2.87. The van der Waals surface area contributed by atoms with Crippen LogP contribution in [0.2, 0.25) is 0 Å². The highest BCUT2D eigenvalue weighted by atomic mass is 16.5. The maximum Gasteiger partial charge on any atom is 0.140 e. The van der Waals surface area contributed by atoms with E-state index in [9.17, 15) is 0 Å². The van der Waals surface area contributed by atoms with E-state index in [1.54, 1.807) is 12.3 Å². The molecule has 0 bridgehead atoms. The highest BCUT2D eigenvalue weighted by Gasteiger charge is 2.17. The van der Waals surface area contributed by atoms with Gasteiger partial charge in [0.2, 0.25) is 0 Å². The third kappa shape index (κ3) is 3.04. The van der Waals surface area contributed by atoms with Crippen LogP contribution < -0.4 is 10.5 Å². The molecule has 0 saturated heterocycles. The summed E-state index contributed by atoms with van der Waals surface area (Å²) in [4.78, 5) is 3.95. The summed E-state index contributed by atoms with van der Waals surface area (Å²) in [5.41, 5.74) is 10.0. The second-order valence-corrected chi connectivity index (χ2v) is 5.31. The van der Waals surface area contributed by atoms with E-state index < -0.39 is 0 Å². The number of fused-ring (bicyclic) bond motifs is 1. The lowest BCUT2D eigenvalue weighted by molar-refractivity contribution is 0.305. The summed E-state index contributed by atoms with van der Waals surface area (Å²) in [6, 6.07) is 11.9. The van der Waals surface area contributed by atoms with Crippen molar-refractivity contribution in [3.63, 3.8) is 0 Å². The molecule has 2 aromatic rings. The standard InChI is InChI=1S/C17H17N3O/c18-10-14-8-12(6-7-20-14)11-21-15-5-4-13-2-1-3-17(19)16(13)9-15/h4-9,17H,1-3,11,19H2. The van der Waals surface area contributed by atoms with Crippen molar-refractivity contribution in [2.45, 2.75) is 31.9 Å².